The van der Waals surface area contributed by atoms with Crippen molar-refractivity contribution in [3.63, 3.8) is 0 Å². The highest BCUT2D eigenvalue weighted by molar-refractivity contribution is 9.10. The van der Waals surface area contributed by atoms with Gasteiger partial charge in [0, 0.05) is 16.7 Å². The third-order valence-electron chi connectivity index (χ3n) is 2.08. The predicted molar refractivity (Wildman–Crippen MR) is 73.7 cm³/mol. The van der Waals surface area contributed by atoms with Crippen LogP contribution in [-0.4, -0.2) is 43.3 Å². The molecule has 0 radical (unpaired) electrons. The first-order valence-corrected chi connectivity index (χ1v) is 6.46. The molecule has 0 saturated heterocycles. The van der Waals surface area contributed by atoms with Gasteiger partial charge in [0.25, 0.3) is 0 Å². The minimum Gasteiger partial charge on any atom is -0.394 e. The number of ether oxygens (including phenoxy) is 1. The molecule has 104 valence electrons. The van der Waals surface area contributed by atoms with Gasteiger partial charge in [0.2, 0.25) is 0 Å². The number of halogens is 1. The lowest BCUT2D eigenvalue weighted by atomic mass is 10.3. The van der Waals surface area contributed by atoms with E-state index in [0.29, 0.717) is 5.69 Å². The first-order chi connectivity index (χ1) is 9.13. The topological polar surface area (TPSA) is 87.7 Å². The van der Waals surface area contributed by atoms with Crippen LogP contribution in [0.5, 0.6) is 0 Å². The van der Waals surface area contributed by atoms with Crippen molar-refractivity contribution in [2.24, 2.45) is 0 Å². The summed E-state index contributed by atoms with van der Waals surface area (Å²) in [7, 11) is 0. The van der Waals surface area contributed by atoms with Crippen LogP contribution in [0.1, 0.15) is 0 Å². The Hall–Kier alpha value is -1.44. The molecule has 0 aromatic heterocycles. The fraction of sp³-hybridized carbons (Fsp3) is 0.333. The molecule has 0 saturated carbocycles. The molecule has 7 heteroatoms. The first-order valence-electron chi connectivity index (χ1n) is 5.67. The van der Waals surface area contributed by atoms with Crippen molar-refractivity contribution in [2.75, 3.05) is 31.7 Å². The molecule has 0 aliphatic carbocycles. The van der Waals surface area contributed by atoms with Gasteiger partial charge in [-0.1, -0.05) is 15.9 Å². The van der Waals surface area contributed by atoms with E-state index in [1.807, 2.05) is 0 Å². The fourth-order valence-electron chi connectivity index (χ4n) is 1.20. The normalized spacial score (nSPS) is 10.0. The third kappa shape index (κ3) is 6.32. The van der Waals surface area contributed by atoms with Gasteiger partial charge in [-0.3, -0.25) is 9.59 Å². The number of hydrogen-bond donors (Lipinski definition) is 3. The quantitative estimate of drug-likeness (QED) is 0.524. The second kappa shape index (κ2) is 8.63. The van der Waals surface area contributed by atoms with E-state index in [9.17, 15) is 9.59 Å². The van der Waals surface area contributed by atoms with Crippen molar-refractivity contribution in [2.45, 2.75) is 0 Å². The highest BCUT2D eigenvalue weighted by Gasteiger charge is 2.12. The number of amides is 2. The molecule has 19 heavy (non-hydrogen) atoms. The van der Waals surface area contributed by atoms with Crippen LogP contribution in [-0.2, 0) is 14.3 Å². The number of rotatable bonds is 6. The molecule has 2 amide bonds. The van der Waals surface area contributed by atoms with Crippen molar-refractivity contribution in [3.05, 3.63) is 28.7 Å². The van der Waals surface area contributed by atoms with Gasteiger partial charge in [-0.25, -0.2) is 0 Å². The summed E-state index contributed by atoms with van der Waals surface area (Å²) >= 11 is 3.27. The summed E-state index contributed by atoms with van der Waals surface area (Å²) in [5.41, 5.74) is 0.542. The molecule has 0 bridgehead atoms. The number of hydrogen-bond acceptors (Lipinski definition) is 4. The van der Waals surface area contributed by atoms with Crippen LogP contribution in [0, 0.1) is 0 Å². The Morgan fingerprint density at radius 3 is 2.47 bits per heavy atom. The molecule has 0 aliphatic heterocycles. The Bertz CT molecular complexity index is 422. The van der Waals surface area contributed by atoms with Crippen LogP contribution in [0.25, 0.3) is 0 Å². The first kappa shape index (κ1) is 15.6. The van der Waals surface area contributed by atoms with Crippen molar-refractivity contribution < 1.29 is 19.4 Å². The maximum absolute atomic E-state index is 11.5. The second-order valence-electron chi connectivity index (χ2n) is 3.55. The summed E-state index contributed by atoms with van der Waals surface area (Å²) in [6.45, 7) is 0.601. The lowest BCUT2D eigenvalue weighted by Crippen LogP contribution is -2.37. The van der Waals surface area contributed by atoms with Gasteiger partial charge < -0.3 is 20.5 Å². The number of aliphatic hydroxyl groups is 1. The molecule has 3 N–H and O–H groups in total. The molecular weight excluding hydrogens is 316 g/mol. The number of benzene rings is 1. The van der Waals surface area contributed by atoms with E-state index < -0.39 is 11.8 Å². The smallest absolute Gasteiger partial charge is 0.313 e. The van der Waals surface area contributed by atoms with E-state index in [2.05, 4.69) is 26.6 Å². The summed E-state index contributed by atoms with van der Waals surface area (Å²) in [5.74, 6) is -1.46. The van der Waals surface area contributed by atoms with Crippen LogP contribution in [0.4, 0.5) is 5.69 Å². The maximum atomic E-state index is 11.5. The van der Waals surface area contributed by atoms with Crippen LogP contribution in [0.2, 0.25) is 0 Å². The van der Waals surface area contributed by atoms with Crippen LogP contribution in [0.15, 0.2) is 28.7 Å². The summed E-state index contributed by atoms with van der Waals surface area (Å²) in [4.78, 5) is 22.9. The number of anilines is 1. The van der Waals surface area contributed by atoms with Crippen molar-refractivity contribution >= 4 is 33.4 Å². The molecule has 0 spiro atoms. The third-order valence-corrected chi connectivity index (χ3v) is 2.60. The Morgan fingerprint density at radius 2 is 1.84 bits per heavy atom. The second-order valence-corrected chi connectivity index (χ2v) is 4.47. The zero-order valence-corrected chi connectivity index (χ0v) is 11.8. The average molecular weight is 331 g/mol. The maximum Gasteiger partial charge on any atom is 0.313 e. The van der Waals surface area contributed by atoms with E-state index in [1.165, 1.54) is 0 Å². The number of carbonyl (C=O) groups is 2. The molecule has 1 rings (SSSR count). The summed E-state index contributed by atoms with van der Waals surface area (Å²) in [6.07, 6.45) is 0. The number of nitrogens with one attached hydrogen (secondary N) is 2. The molecule has 1 aromatic carbocycles. The van der Waals surface area contributed by atoms with Crippen LogP contribution < -0.4 is 10.6 Å². The van der Waals surface area contributed by atoms with Gasteiger partial charge in [0.1, 0.15) is 0 Å². The minimum absolute atomic E-state index is 0.0714. The number of aliphatic hydroxyl groups excluding tert-OH is 1. The van der Waals surface area contributed by atoms with Crippen molar-refractivity contribution in [1.82, 2.24) is 5.32 Å². The molecule has 0 unspecified atom stereocenters. The van der Waals surface area contributed by atoms with Gasteiger partial charge >= 0.3 is 11.8 Å². The molecule has 0 heterocycles. The fourth-order valence-corrected chi connectivity index (χ4v) is 1.47. The molecule has 1 aromatic rings. The van der Waals surface area contributed by atoms with Crippen LogP contribution >= 0.6 is 15.9 Å². The summed E-state index contributed by atoms with van der Waals surface area (Å²) < 4.78 is 5.83. The van der Waals surface area contributed by atoms with Crippen molar-refractivity contribution in [1.29, 1.82) is 0 Å². The van der Waals surface area contributed by atoms with E-state index in [1.54, 1.807) is 24.3 Å². The van der Waals surface area contributed by atoms with Gasteiger partial charge in [0.05, 0.1) is 19.8 Å². The monoisotopic (exact) mass is 330 g/mol. The highest BCUT2D eigenvalue weighted by atomic mass is 79.9. The lowest BCUT2D eigenvalue weighted by molar-refractivity contribution is -0.136. The zero-order chi connectivity index (χ0) is 14.1. The Kier molecular flexibility index (Phi) is 7.09. The Labute approximate surface area is 119 Å². The van der Waals surface area contributed by atoms with Gasteiger partial charge in [-0.05, 0) is 24.3 Å². The highest BCUT2D eigenvalue weighted by Crippen LogP contribution is 2.13. The van der Waals surface area contributed by atoms with Crippen molar-refractivity contribution in [3.8, 4) is 0 Å². The van der Waals surface area contributed by atoms with Gasteiger partial charge in [0.15, 0.2) is 0 Å². The molecule has 6 nitrogen and oxygen atoms in total. The van der Waals surface area contributed by atoms with Crippen LogP contribution in [0.3, 0.4) is 0 Å². The Morgan fingerprint density at radius 1 is 1.16 bits per heavy atom. The van der Waals surface area contributed by atoms with E-state index >= 15 is 0 Å². The SMILES string of the molecule is O=C(NCCOCCO)C(=O)Nc1ccc(Br)cc1. The molecule has 0 fully saturated rings. The lowest BCUT2D eigenvalue weighted by Gasteiger charge is -2.06. The molecule has 0 atom stereocenters. The summed E-state index contributed by atoms with van der Waals surface area (Å²) in [6, 6.07) is 6.88. The van der Waals surface area contributed by atoms with E-state index in [0.717, 1.165) is 4.47 Å². The zero-order valence-electron chi connectivity index (χ0n) is 10.2. The number of carbonyl (C=O) groups excluding carboxylic acids is 2. The minimum atomic E-state index is -0.732. The van der Waals surface area contributed by atoms with Gasteiger partial charge in [-0.15, -0.1) is 0 Å². The van der Waals surface area contributed by atoms with Gasteiger partial charge in [-0.2, -0.15) is 0 Å². The standard InChI is InChI=1S/C12H15BrN2O4/c13-9-1-3-10(4-2-9)15-12(18)11(17)14-5-7-19-8-6-16/h1-4,16H,5-8H2,(H,14,17)(H,15,18). The molecular formula is C12H15BrN2O4. The average Bonchev–Trinajstić information content (AvgIpc) is 2.41. The van der Waals surface area contributed by atoms with E-state index in [-0.39, 0.29) is 26.4 Å². The molecule has 0 aliphatic rings. The largest absolute Gasteiger partial charge is 0.394 e. The van der Waals surface area contributed by atoms with E-state index in [4.69, 9.17) is 9.84 Å². The predicted octanol–water partition coefficient (Wildman–Crippen LogP) is 0.513. The summed E-state index contributed by atoms with van der Waals surface area (Å²) in [5, 5.41) is 13.3. The Balaban J connectivity index is 2.28.